The van der Waals surface area contributed by atoms with Gasteiger partial charge in [-0.2, -0.15) is 0 Å². The van der Waals surface area contributed by atoms with E-state index < -0.39 is 0 Å². The summed E-state index contributed by atoms with van der Waals surface area (Å²) in [5.41, 5.74) is 3.58. The fraction of sp³-hybridized carbons (Fsp3) is 0.556. The van der Waals surface area contributed by atoms with E-state index in [1.54, 1.807) is 0 Å². The van der Waals surface area contributed by atoms with Crippen molar-refractivity contribution in [1.29, 1.82) is 0 Å². The molecule has 1 heterocycles. The van der Waals surface area contributed by atoms with E-state index in [0.717, 1.165) is 12.8 Å². The van der Waals surface area contributed by atoms with Crippen LogP contribution in [-0.4, -0.2) is 18.3 Å². The van der Waals surface area contributed by atoms with Crippen LogP contribution in [0.4, 0.5) is 0 Å². The van der Waals surface area contributed by atoms with Crippen molar-refractivity contribution in [2.24, 2.45) is 0 Å². The largest absolute Gasteiger partial charge is 0.490 e. The second-order valence-corrected chi connectivity index (χ2v) is 7.17. The first-order valence-corrected chi connectivity index (χ1v) is 8.04. The summed E-state index contributed by atoms with van der Waals surface area (Å²) in [4.78, 5) is 0. The van der Waals surface area contributed by atoms with Gasteiger partial charge in [-0.25, -0.2) is 0 Å². The zero-order chi connectivity index (χ0) is 15.1. The molecule has 0 unspecified atom stereocenters. The molecule has 1 aliphatic carbocycles. The molecule has 3 heteroatoms. The van der Waals surface area contributed by atoms with Crippen LogP contribution in [-0.2, 0) is 9.31 Å². The van der Waals surface area contributed by atoms with Crippen LogP contribution in [0.2, 0.25) is 0 Å². The monoisotopic (exact) mass is 284 g/mol. The van der Waals surface area contributed by atoms with Crippen LogP contribution in [0, 0.1) is 0 Å². The molecule has 0 spiro atoms. The first-order chi connectivity index (χ1) is 9.91. The molecule has 1 saturated heterocycles. The molecule has 21 heavy (non-hydrogen) atoms. The Kier molecular flexibility index (Phi) is 3.75. The van der Waals surface area contributed by atoms with Crippen LogP contribution < -0.4 is 0 Å². The summed E-state index contributed by atoms with van der Waals surface area (Å²) < 4.78 is 12.6. The van der Waals surface area contributed by atoms with E-state index in [2.05, 4.69) is 58.0 Å². The zero-order valence-electron chi connectivity index (χ0n) is 13.6. The first-order valence-electron chi connectivity index (χ1n) is 8.04. The van der Waals surface area contributed by atoms with E-state index in [1.807, 2.05) is 0 Å². The maximum Gasteiger partial charge on any atom is 0.490 e. The third-order valence-electron chi connectivity index (χ3n) is 5.17. The number of hydrogen-bond donors (Lipinski definition) is 0. The Morgan fingerprint density at radius 1 is 0.857 bits per heavy atom. The SMILES string of the molecule is CC1(C)OB(C2=C(c3ccccc3)CCCC2)OC1(C)C. The molecule has 2 aliphatic rings. The predicted molar refractivity (Wildman–Crippen MR) is 87.9 cm³/mol. The van der Waals surface area contributed by atoms with Crippen molar-refractivity contribution in [3.05, 3.63) is 41.4 Å². The normalized spacial score (nSPS) is 24.5. The molecule has 1 aliphatic heterocycles. The lowest BCUT2D eigenvalue weighted by Gasteiger charge is -2.32. The summed E-state index contributed by atoms with van der Waals surface area (Å²) in [5.74, 6) is 0. The minimum atomic E-state index is -0.260. The fourth-order valence-electron chi connectivity index (χ4n) is 3.14. The zero-order valence-corrected chi connectivity index (χ0v) is 13.6. The second-order valence-electron chi connectivity index (χ2n) is 7.17. The van der Waals surface area contributed by atoms with Crippen molar-refractivity contribution in [1.82, 2.24) is 0 Å². The summed E-state index contributed by atoms with van der Waals surface area (Å²) in [7, 11) is -0.189. The predicted octanol–water partition coefficient (Wildman–Crippen LogP) is 4.65. The molecular weight excluding hydrogens is 259 g/mol. The molecule has 0 radical (unpaired) electrons. The van der Waals surface area contributed by atoms with Gasteiger partial charge < -0.3 is 9.31 Å². The highest BCUT2D eigenvalue weighted by molar-refractivity contribution is 6.56. The quantitative estimate of drug-likeness (QED) is 0.736. The summed E-state index contributed by atoms with van der Waals surface area (Å²) in [6.07, 6.45) is 4.70. The summed E-state index contributed by atoms with van der Waals surface area (Å²) in [5, 5.41) is 0. The average molecular weight is 284 g/mol. The van der Waals surface area contributed by atoms with Crippen molar-refractivity contribution < 1.29 is 9.31 Å². The molecule has 0 aromatic heterocycles. The van der Waals surface area contributed by atoms with E-state index in [-0.39, 0.29) is 18.3 Å². The third-order valence-corrected chi connectivity index (χ3v) is 5.17. The van der Waals surface area contributed by atoms with Crippen LogP contribution in [0.25, 0.3) is 5.57 Å². The maximum atomic E-state index is 6.28. The smallest absolute Gasteiger partial charge is 0.400 e. The highest BCUT2D eigenvalue weighted by Gasteiger charge is 2.52. The lowest BCUT2D eigenvalue weighted by atomic mass is 9.68. The van der Waals surface area contributed by atoms with Gasteiger partial charge >= 0.3 is 7.12 Å². The van der Waals surface area contributed by atoms with Gasteiger partial charge in [0.15, 0.2) is 0 Å². The Morgan fingerprint density at radius 2 is 1.43 bits per heavy atom. The molecule has 0 saturated carbocycles. The van der Waals surface area contributed by atoms with Gasteiger partial charge in [0.2, 0.25) is 0 Å². The van der Waals surface area contributed by atoms with Gasteiger partial charge in [0.05, 0.1) is 11.2 Å². The standard InChI is InChI=1S/C18H25BO2/c1-17(2)18(3,4)21-19(20-17)16-13-9-8-12-15(16)14-10-6-5-7-11-14/h5-7,10-11H,8-9,12-13H2,1-4H3. The number of rotatable bonds is 2. The second kappa shape index (κ2) is 5.29. The van der Waals surface area contributed by atoms with Gasteiger partial charge in [-0.05, 0) is 70.0 Å². The lowest BCUT2D eigenvalue weighted by Crippen LogP contribution is -2.41. The van der Waals surface area contributed by atoms with E-state index in [9.17, 15) is 0 Å². The van der Waals surface area contributed by atoms with Gasteiger partial charge in [-0.15, -0.1) is 0 Å². The summed E-state index contributed by atoms with van der Waals surface area (Å²) in [6.45, 7) is 8.49. The molecule has 0 bridgehead atoms. The van der Waals surface area contributed by atoms with E-state index in [4.69, 9.17) is 9.31 Å². The molecule has 0 amide bonds. The molecule has 3 rings (SSSR count). The van der Waals surface area contributed by atoms with Gasteiger partial charge in [0.1, 0.15) is 0 Å². The first kappa shape index (κ1) is 14.9. The minimum Gasteiger partial charge on any atom is -0.400 e. The highest BCUT2D eigenvalue weighted by Crippen LogP contribution is 2.43. The Bertz CT molecular complexity index is 530. The lowest BCUT2D eigenvalue weighted by molar-refractivity contribution is 0.00578. The molecule has 1 aromatic carbocycles. The maximum absolute atomic E-state index is 6.28. The Balaban J connectivity index is 1.97. The van der Waals surface area contributed by atoms with Crippen molar-refractivity contribution in [3.8, 4) is 0 Å². The molecule has 1 aromatic rings. The Morgan fingerprint density at radius 3 is 2.05 bits per heavy atom. The Labute approximate surface area is 128 Å². The van der Waals surface area contributed by atoms with Crippen LogP contribution in [0.15, 0.2) is 35.8 Å². The minimum absolute atomic E-state index is 0.189. The average Bonchev–Trinajstić information content (AvgIpc) is 2.68. The fourth-order valence-corrected chi connectivity index (χ4v) is 3.14. The van der Waals surface area contributed by atoms with Crippen LogP contribution in [0.5, 0.6) is 0 Å². The number of benzene rings is 1. The van der Waals surface area contributed by atoms with Gasteiger partial charge in [-0.1, -0.05) is 30.3 Å². The third kappa shape index (κ3) is 2.69. The molecule has 1 fully saturated rings. The number of hydrogen-bond acceptors (Lipinski definition) is 2. The summed E-state index contributed by atoms with van der Waals surface area (Å²) in [6, 6.07) is 10.7. The van der Waals surface area contributed by atoms with Crippen LogP contribution >= 0.6 is 0 Å². The van der Waals surface area contributed by atoms with E-state index in [1.165, 1.54) is 29.5 Å². The van der Waals surface area contributed by atoms with Crippen LogP contribution in [0.1, 0.15) is 58.9 Å². The van der Waals surface area contributed by atoms with Crippen molar-refractivity contribution in [3.63, 3.8) is 0 Å². The van der Waals surface area contributed by atoms with E-state index in [0.29, 0.717) is 0 Å². The topological polar surface area (TPSA) is 18.5 Å². The molecule has 0 N–H and O–H groups in total. The van der Waals surface area contributed by atoms with Crippen LogP contribution in [0.3, 0.4) is 0 Å². The van der Waals surface area contributed by atoms with Gasteiger partial charge in [0.25, 0.3) is 0 Å². The van der Waals surface area contributed by atoms with Gasteiger partial charge in [-0.3, -0.25) is 0 Å². The molecule has 112 valence electrons. The van der Waals surface area contributed by atoms with E-state index >= 15 is 0 Å². The van der Waals surface area contributed by atoms with Gasteiger partial charge in [0, 0.05) is 0 Å². The van der Waals surface area contributed by atoms with Crippen molar-refractivity contribution in [2.45, 2.75) is 64.6 Å². The van der Waals surface area contributed by atoms with Crippen molar-refractivity contribution in [2.75, 3.05) is 0 Å². The highest BCUT2D eigenvalue weighted by atomic mass is 16.7. The molecule has 0 atom stereocenters. The Hall–Kier alpha value is -1.06. The number of allylic oxidation sites excluding steroid dienone is 2. The van der Waals surface area contributed by atoms with Crippen molar-refractivity contribution >= 4 is 12.7 Å². The summed E-state index contributed by atoms with van der Waals surface area (Å²) >= 11 is 0. The molecule has 2 nitrogen and oxygen atoms in total. The molecular formula is C18H25BO2.